The third-order valence-electron chi connectivity index (χ3n) is 6.52. The van der Waals surface area contributed by atoms with Gasteiger partial charge in [0.25, 0.3) is 0 Å². The Labute approximate surface area is 189 Å². The Kier molecular flexibility index (Phi) is 6.14. The standard InChI is InChI=1S/C25H27BO6/c1-16(22(27)29-14-17-10-6-4-7-11-17)25-19(20(21(26)32-25)31-24(25,2)3)23(28)30-15-18-12-8-5-9-13-18/h4-13,16,19-21H,14-15H2,1-3H3/t16-,19?,20?,21-,25-/m1/s1. The van der Waals surface area contributed by atoms with E-state index in [1.54, 1.807) is 20.8 Å². The van der Waals surface area contributed by atoms with Gasteiger partial charge in [0.05, 0.1) is 17.6 Å². The lowest BCUT2D eigenvalue weighted by atomic mass is 9.69. The van der Waals surface area contributed by atoms with Crippen LogP contribution in [0.5, 0.6) is 0 Å². The van der Waals surface area contributed by atoms with Crippen LogP contribution < -0.4 is 0 Å². The maximum Gasteiger partial charge on any atom is 0.315 e. The fraction of sp³-hybridized carbons (Fsp3) is 0.440. The first-order chi connectivity index (χ1) is 15.3. The maximum atomic E-state index is 13.2. The third kappa shape index (κ3) is 3.84. The third-order valence-corrected chi connectivity index (χ3v) is 6.52. The molecule has 0 amide bonds. The first kappa shape index (κ1) is 22.6. The Morgan fingerprint density at radius 2 is 1.47 bits per heavy atom. The minimum Gasteiger partial charge on any atom is -0.461 e. The average Bonchev–Trinajstić information content (AvgIpc) is 3.22. The molecule has 4 rings (SSSR count). The summed E-state index contributed by atoms with van der Waals surface area (Å²) in [4.78, 5) is 26.3. The van der Waals surface area contributed by atoms with Gasteiger partial charge in [-0.15, -0.1) is 0 Å². The summed E-state index contributed by atoms with van der Waals surface area (Å²) in [5.74, 6) is -2.65. The van der Waals surface area contributed by atoms with Crippen LogP contribution in [0.4, 0.5) is 0 Å². The molecule has 32 heavy (non-hydrogen) atoms. The molecule has 2 saturated heterocycles. The largest absolute Gasteiger partial charge is 0.461 e. The zero-order valence-corrected chi connectivity index (χ0v) is 18.5. The van der Waals surface area contributed by atoms with Gasteiger partial charge >= 0.3 is 11.9 Å². The van der Waals surface area contributed by atoms with E-state index in [9.17, 15) is 9.59 Å². The molecule has 2 unspecified atom stereocenters. The van der Waals surface area contributed by atoms with Gasteiger partial charge in [0.1, 0.15) is 32.6 Å². The van der Waals surface area contributed by atoms with Gasteiger partial charge in [-0.2, -0.15) is 0 Å². The normalized spacial score (nSPS) is 28.8. The molecular weight excluding hydrogens is 407 g/mol. The van der Waals surface area contributed by atoms with Gasteiger partial charge in [0.15, 0.2) is 0 Å². The minimum absolute atomic E-state index is 0.113. The summed E-state index contributed by atoms with van der Waals surface area (Å²) < 4.78 is 23.4. The van der Waals surface area contributed by atoms with Crippen molar-refractivity contribution in [2.24, 2.45) is 11.8 Å². The van der Waals surface area contributed by atoms with E-state index >= 15 is 0 Å². The molecule has 2 aromatic carbocycles. The molecule has 0 aliphatic carbocycles. The lowest BCUT2D eigenvalue weighted by Crippen LogP contribution is -2.60. The van der Waals surface area contributed by atoms with Crippen LogP contribution in [0.3, 0.4) is 0 Å². The first-order valence-electron chi connectivity index (χ1n) is 10.8. The average molecular weight is 434 g/mol. The number of ether oxygens (including phenoxy) is 4. The lowest BCUT2D eigenvalue weighted by Gasteiger charge is -2.46. The highest BCUT2D eigenvalue weighted by Gasteiger charge is 2.74. The van der Waals surface area contributed by atoms with Crippen molar-refractivity contribution in [3.8, 4) is 0 Å². The summed E-state index contributed by atoms with van der Waals surface area (Å²) >= 11 is 0. The molecule has 0 saturated carbocycles. The fourth-order valence-corrected chi connectivity index (χ4v) is 4.93. The van der Waals surface area contributed by atoms with E-state index < -0.39 is 47.1 Å². The molecule has 6 nitrogen and oxygen atoms in total. The number of hydrogen-bond acceptors (Lipinski definition) is 6. The molecule has 2 aromatic rings. The summed E-state index contributed by atoms with van der Waals surface area (Å²) in [6.45, 7) is 5.53. The molecule has 2 fully saturated rings. The highest BCUT2D eigenvalue weighted by molar-refractivity contribution is 6.12. The summed E-state index contributed by atoms with van der Waals surface area (Å²) in [6, 6.07) is 17.9. The first-order valence-corrected chi connectivity index (χ1v) is 10.8. The van der Waals surface area contributed by atoms with Gasteiger partial charge in [-0.1, -0.05) is 60.7 Å². The van der Waals surface area contributed by atoms with Crippen molar-refractivity contribution >= 4 is 19.8 Å². The Morgan fingerprint density at radius 3 is 2.03 bits per heavy atom. The van der Waals surface area contributed by atoms with Gasteiger partial charge < -0.3 is 18.9 Å². The monoisotopic (exact) mass is 434 g/mol. The predicted molar refractivity (Wildman–Crippen MR) is 117 cm³/mol. The number of benzene rings is 2. The van der Waals surface area contributed by atoms with Crippen LogP contribution in [0.15, 0.2) is 60.7 Å². The van der Waals surface area contributed by atoms with Crippen LogP contribution in [0.1, 0.15) is 31.9 Å². The van der Waals surface area contributed by atoms with Crippen molar-refractivity contribution in [1.82, 2.24) is 0 Å². The molecule has 5 atom stereocenters. The molecule has 2 heterocycles. The Morgan fingerprint density at radius 1 is 0.938 bits per heavy atom. The highest BCUT2D eigenvalue weighted by Crippen LogP contribution is 2.57. The van der Waals surface area contributed by atoms with Crippen molar-refractivity contribution in [1.29, 1.82) is 0 Å². The van der Waals surface area contributed by atoms with Gasteiger partial charge in [-0.05, 0) is 31.9 Å². The van der Waals surface area contributed by atoms with Crippen LogP contribution in [-0.4, -0.2) is 43.1 Å². The predicted octanol–water partition coefficient (Wildman–Crippen LogP) is 3.17. The van der Waals surface area contributed by atoms with E-state index in [4.69, 9.17) is 26.8 Å². The molecular formula is C25H27BO6. The Hall–Kier alpha value is -2.64. The lowest BCUT2D eigenvalue weighted by molar-refractivity contribution is -0.229. The number of rotatable bonds is 7. The van der Waals surface area contributed by atoms with E-state index in [1.807, 2.05) is 60.7 Å². The molecule has 2 aliphatic rings. The Balaban J connectivity index is 1.54. The van der Waals surface area contributed by atoms with E-state index in [0.717, 1.165) is 11.1 Å². The van der Waals surface area contributed by atoms with Crippen molar-refractivity contribution in [2.75, 3.05) is 0 Å². The second kappa shape index (κ2) is 8.72. The van der Waals surface area contributed by atoms with Gasteiger partial charge in [-0.3, -0.25) is 9.59 Å². The molecule has 0 aromatic heterocycles. The zero-order valence-electron chi connectivity index (χ0n) is 18.5. The van der Waals surface area contributed by atoms with E-state index in [1.165, 1.54) is 0 Å². The van der Waals surface area contributed by atoms with Crippen molar-refractivity contribution in [2.45, 2.75) is 57.3 Å². The summed E-state index contributed by atoms with van der Waals surface area (Å²) in [5.41, 5.74) is -0.525. The van der Waals surface area contributed by atoms with Gasteiger partial charge in [-0.25, -0.2) is 0 Å². The van der Waals surface area contributed by atoms with E-state index in [-0.39, 0.29) is 13.2 Å². The van der Waals surface area contributed by atoms with Gasteiger partial charge in [0, 0.05) is 6.00 Å². The molecule has 0 N–H and O–H groups in total. The van der Waals surface area contributed by atoms with Crippen LogP contribution >= 0.6 is 0 Å². The van der Waals surface area contributed by atoms with E-state index in [2.05, 4.69) is 0 Å². The molecule has 0 spiro atoms. The number of esters is 2. The second-order valence-electron chi connectivity index (χ2n) is 8.85. The molecule has 2 bridgehead atoms. The minimum atomic E-state index is -1.31. The quantitative estimate of drug-likeness (QED) is 0.493. The summed E-state index contributed by atoms with van der Waals surface area (Å²) in [6.07, 6.45) is -0.711. The van der Waals surface area contributed by atoms with E-state index in [0.29, 0.717) is 0 Å². The number of hydrogen-bond donors (Lipinski definition) is 0. The summed E-state index contributed by atoms with van der Waals surface area (Å²) in [7, 11) is 6.16. The molecule has 166 valence electrons. The Bertz CT molecular complexity index is 963. The maximum absolute atomic E-state index is 13.2. The molecule has 2 radical (unpaired) electrons. The van der Waals surface area contributed by atoms with Gasteiger partial charge in [0.2, 0.25) is 0 Å². The van der Waals surface area contributed by atoms with Crippen LogP contribution in [0.2, 0.25) is 0 Å². The second-order valence-corrected chi connectivity index (χ2v) is 8.85. The highest BCUT2D eigenvalue weighted by atomic mass is 16.6. The SMILES string of the molecule is [B][C@@H]1O[C@]2([C@H](C)C(=O)OCc3ccccc3)C(C(=O)OCc3ccccc3)C1OC2(C)C. The van der Waals surface area contributed by atoms with Crippen molar-refractivity contribution in [3.63, 3.8) is 0 Å². The smallest absolute Gasteiger partial charge is 0.315 e. The van der Waals surface area contributed by atoms with Crippen molar-refractivity contribution in [3.05, 3.63) is 71.8 Å². The fourth-order valence-electron chi connectivity index (χ4n) is 4.93. The summed E-state index contributed by atoms with van der Waals surface area (Å²) in [5, 5.41) is 0. The van der Waals surface area contributed by atoms with Crippen LogP contribution in [0, 0.1) is 11.8 Å². The number of fused-ring (bicyclic) bond motifs is 2. The number of carbonyl (C=O) groups excluding carboxylic acids is 2. The van der Waals surface area contributed by atoms with Crippen molar-refractivity contribution < 1.29 is 28.5 Å². The van der Waals surface area contributed by atoms with Crippen LogP contribution in [-0.2, 0) is 41.8 Å². The molecule has 2 aliphatic heterocycles. The zero-order chi connectivity index (χ0) is 22.9. The van der Waals surface area contributed by atoms with Crippen LogP contribution in [0.25, 0.3) is 0 Å². The number of carbonyl (C=O) groups is 2. The topological polar surface area (TPSA) is 71.1 Å². The molecule has 7 heteroatoms.